The van der Waals surface area contributed by atoms with E-state index in [4.69, 9.17) is 4.74 Å². The summed E-state index contributed by atoms with van der Waals surface area (Å²) in [7, 11) is 0. The molecule has 58 valence electrons. The van der Waals surface area contributed by atoms with Crippen molar-refractivity contribution in [1.29, 1.82) is 0 Å². The van der Waals surface area contributed by atoms with E-state index >= 15 is 0 Å². The summed E-state index contributed by atoms with van der Waals surface area (Å²) >= 11 is 8.31. The van der Waals surface area contributed by atoms with Gasteiger partial charge in [-0.3, -0.25) is 0 Å². The van der Waals surface area contributed by atoms with Gasteiger partial charge in [0.1, 0.15) is 11.6 Å². The highest BCUT2D eigenvalue weighted by atomic mass is 32.1. The second-order valence-electron chi connectivity index (χ2n) is 1.82. The van der Waals surface area contributed by atoms with E-state index in [1.165, 1.54) is 24.3 Å². The van der Waals surface area contributed by atoms with Gasteiger partial charge in [-0.2, -0.15) is 0 Å². The number of hydrogen-bond donors (Lipinski definition) is 1. The second kappa shape index (κ2) is 3.69. The molecule has 1 rings (SSSR count). The molecular weight excluding hydrogens is 183 g/mol. The van der Waals surface area contributed by atoms with Crippen molar-refractivity contribution in [2.45, 2.75) is 0 Å². The minimum Gasteiger partial charge on any atom is -0.440 e. The number of halogens is 1. The number of ether oxygens (including phenoxy) is 1. The van der Waals surface area contributed by atoms with Crippen LogP contribution in [0, 0.1) is 5.82 Å². The van der Waals surface area contributed by atoms with Gasteiger partial charge in [0.2, 0.25) is 4.38 Å². The normalized spacial score (nSPS) is 9.27. The molecule has 0 unspecified atom stereocenters. The number of thiocarbonyl (C=S) groups is 1. The summed E-state index contributed by atoms with van der Waals surface area (Å²) in [6.45, 7) is 0. The fourth-order valence-corrected chi connectivity index (χ4v) is 0.805. The summed E-state index contributed by atoms with van der Waals surface area (Å²) in [6.07, 6.45) is 0. The van der Waals surface area contributed by atoms with Crippen molar-refractivity contribution in [3.05, 3.63) is 30.1 Å². The highest BCUT2D eigenvalue weighted by molar-refractivity contribution is 8.10. The van der Waals surface area contributed by atoms with Gasteiger partial charge >= 0.3 is 0 Å². The van der Waals surface area contributed by atoms with Gasteiger partial charge in [-0.1, -0.05) is 12.6 Å². The van der Waals surface area contributed by atoms with Crippen molar-refractivity contribution in [3.8, 4) is 5.75 Å². The molecule has 0 saturated carbocycles. The Bertz CT molecular complexity index is 258. The van der Waals surface area contributed by atoms with Crippen molar-refractivity contribution in [2.24, 2.45) is 0 Å². The Morgan fingerprint density at radius 1 is 1.36 bits per heavy atom. The van der Waals surface area contributed by atoms with Crippen molar-refractivity contribution < 1.29 is 9.13 Å². The monoisotopic (exact) mass is 188 g/mol. The fourth-order valence-electron chi connectivity index (χ4n) is 0.603. The molecule has 0 N–H and O–H groups in total. The first kappa shape index (κ1) is 8.49. The van der Waals surface area contributed by atoms with E-state index in [1.54, 1.807) is 0 Å². The third-order valence-corrected chi connectivity index (χ3v) is 1.19. The van der Waals surface area contributed by atoms with E-state index in [9.17, 15) is 4.39 Å². The highest BCUT2D eigenvalue weighted by Crippen LogP contribution is 2.11. The minimum atomic E-state index is -0.303. The van der Waals surface area contributed by atoms with Crippen LogP contribution in [-0.2, 0) is 0 Å². The molecule has 0 radical (unpaired) electrons. The van der Waals surface area contributed by atoms with Crippen LogP contribution in [0.5, 0.6) is 5.75 Å². The lowest BCUT2D eigenvalue weighted by molar-refractivity contribution is 0.572. The first-order valence-corrected chi connectivity index (χ1v) is 3.70. The topological polar surface area (TPSA) is 9.23 Å². The van der Waals surface area contributed by atoms with Gasteiger partial charge in [0.05, 0.1) is 0 Å². The maximum absolute atomic E-state index is 12.3. The maximum atomic E-state index is 12.3. The van der Waals surface area contributed by atoms with Crippen LogP contribution >= 0.6 is 24.8 Å². The Kier molecular flexibility index (Phi) is 2.84. The zero-order valence-corrected chi connectivity index (χ0v) is 7.16. The Hall–Kier alpha value is -0.610. The average Bonchev–Trinajstić information content (AvgIpc) is 1.93. The molecule has 0 heterocycles. The van der Waals surface area contributed by atoms with Gasteiger partial charge in [-0.05, 0) is 36.5 Å². The van der Waals surface area contributed by atoms with Gasteiger partial charge in [-0.15, -0.1) is 0 Å². The van der Waals surface area contributed by atoms with Crippen LogP contribution in [0.3, 0.4) is 0 Å². The summed E-state index contributed by atoms with van der Waals surface area (Å²) in [5, 5.41) is 0. The van der Waals surface area contributed by atoms with Crippen LogP contribution in [0.2, 0.25) is 0 Å². The van der Waals surface area contributed by atoms with Crippen molar-refractivity contribution in [3.63, 3.8) is 0 Å². The van der Waals surface area contributed by atoms with Crippen molar-refractivity contribution in [2.75, 3.05) is 0 Å². The molecule has 0 fully saturated rings. The molecule has 0 spiro atoms. The zero-order valence-electron chi connectivity index (χ0n) is 5.45. The van der Waals surface area contributed by atoms with E-state index in [2.05, 4.69) is 24.8 Å². The molecule has 0 aliphatic rings. The lowest BCUT2D eigenvalue weighted by atomic mass is 10.3. The van der Waals surface area contributed by atoms with Crippen LogP contribution in [0.4, 0.5) is 4.39 Å². The molecule has 0 amide bonds. The molecule has 0 atom stereocenters. The SMILES string of the molecule is Fc1ccc(OC(=S)S)cc1. The van der Waals surface area contributed by atoms with Crippen LogP contribution in [0.1, 0.15) is 0 Å². The number of rotatable bonds is 1. The van der Waals surface area contributed by atoms with Gasteiger partial charge in [0.25, 0.3) is 0 Å². The van der Waals surface area contributed by atoms with Gasteiger partial charge < -0.3 is 4.74 Å². The van der Waals surface area contributed by atoms with E-state index in [-0.39, 0.29) is 10.2 Å². The number of thiol groups is 1. The molecule has 0 saturated heterocycles. The van der Waals surface area contributed by atoms with E-state index < -0.39 is 0 Å². The predicted molar refractivity (Wildman–Crippen MR) is 48.6 cm³/mol. The van der Waals surface area contributed by atoms with Crippen LogP contribution in [-0.4, -0.2) is 4.38 Å². The van der Waals surface area contributed by atoms with Gasteiger partial charge in [0, 0.05) is 0 Å². The number of hydrogen-bond acceptors (Lipinski definition) is 2. The Labute approximate surface area is 74.6 Å². The first-order valence-electron chi connectivity index (χ1n) is 2.85. The molecule has 0 bridgehead atoms. The van der Waals surface area contributed by atoms with E-state index in [1.807, 2.05) is 0 Å². The molecule has 0 aliphatic carbocycles. The molecule has 0 aliphatic heterocycles. The Balaban J connectivity index is 2.74. The molecule has 4 heteroatoms. The molecular formula is C7H5FOS2. The van der Waals surface area contributed by atoms with E-state index in [0.717, 1.165) is 0 Å². The molecule has 0 aromatic heterocycles. The first-order chi connectivity index (χ1) is 5.18. The minimum absolute atomic E-state index is 0.122. The Morgan fingerprint density at radius 3 is 2.36 bits per heavy atom. The maximum Gasteiger partial charge on any atom is 0.222 e. The fraction of sp³-hybridized carbons (Fsp3) is 0. The van der Waals surface area contributed by atoms with E-state index in [0.29, 0.717) is 5.75 Å². The molecule has 1 aromatic carbocycles. The highest BCUT2D eigenvalue weighted by Gasteiger charge is 1.94. The Morgan fingerprint density at radius 2 is 1.91 bits per heavy atom. The number of benzene rings is 1. The van der Waals surface area contributed by atoms with Crippen molar-refractivity contribution >= 4 is 29.2 Å². The molecule has 1 aromatic rings. The summed E-state index contributed by atoms with van der Waals surface area (Å²) in [5.74, 6) is 0.189. The van der Waals surface area contributed by atoms with Crippen molar-refractivity contribution in [1.82, 2.24) is 0 Å². The largest absolute Gasteiger partial charge is 0.440 e. The molecule has 11 heavy (non-hydrogen) atoms. The standard InChI is InChI=1S/C7H5FOS2/c8-5-1-3-6(4-2-5)9-7(10)11/h1-4H,(H,10,11). The lowest BCUT2D eigenvalue weighted by Crippen LogP contribution is -1.95. The summed E-state index contributed by atoms with van der Waals surface area (Å²) < 4.78 is 17.3. The smallest absolute Gasteiger partial charge is 0.222 e. The van der Waals surface area contributed by atoms with Crippen LogP contribution in [0.15, 0.2) is 24.3 Å². The predicted octanol–water partition coefficient (Wildman–Crippen LogP) is 2.42. The molecule has 1 nitrogen and oxygen atoms in total. The quantitative estimate of drug-likeness (QED) is 0.535. The van der Waals surface area contributed by atoms with Gasteiger partial charge in [0.15, 0.2) is 0 Å². The zero-order chi connectivity index (χ0) is 8.27. The summed E-state index contributed by atoms with van der Waals surface area (Å²) in [5.41, 5.74) is 0. The average molecular weight is 188 g/mol. The third kappa shape index (κ3) is 2.86. The second-order valence-corrected chi connectivity index (χ2v) is 2.90. The summed E-state index contributed by atoms with van der Waals surface area (Å²) in [4.78, 5) is 0. The van der Waals surface area contributed by atoms with Gasteiger partial charge in [-0.25, -0.2) is 4.39 Å². The summed E-state index contributed by atoms with van der Waals surface area (Å²) in [6, 6.07) is 5.55. The van der Waals surface area contributed by atoms with Crippen LogP contribution < -0.4 is 4.74 Å². The van der Waals surface area contributed by atoms with Crippen LogP contribution in [0.25, 0.3) is 0 Å². The lowest BCUT2D eigenvalue weighted by Gasteiger charge is -1.99. The third-order valence-electron chi connectivity index (χ3n) is 1.02.